The van der Waals surface area contributed by atoms with Crippen LogP contribution in [0.15, 0.2) is 53.6 Å². The van der Waals surface area contributed by atoms with Gasteiger partial charge in [-0.2, -0.15) is 0 Å². The molecule has 4 aromatic rings. The summed E-state index contributed by atoms with van der Waals surface area (Å²) in [5.41, 5.74) is 5.07. The number of alkyl carbamates (subject to hydrolysis) is 1. The van der Waals surface area contributed by atoms with Crippen molar-refractivity contribution in [2.45, 2.75) is 44.1 Å². The number of nitrogens with zero attached hydrogens (tertiary/aromatic N) is 3. The van der Waals surface area contributed by atoms with E-state index in [-0.39, 0.29) is 17.2 Å². The maximum absolute atomic E-state index is 15.9. The van der Waals surface area contributed by atoms with Crippen molar-refractivity contribution in [2.24, 2.45) is 0 Å². The summed E-state index contributed by atoms with van der Waals surface area (Å²) in [6.07, 6.45) is 1.76. The van der Waals surface area contributed by atoms with Gasteiger partial charge in [0.15, 0.2) is 5.82 Å². The Balaban J connectivity index is 1.65. The molecule has 0 saturated carbocycles. The Labute approximate surface area is 244 Å². The summed E-state index contributed by atoms with van der Waals surface area (Å²) in [5.74, 6) is -3.19. The molecule has 0 aliphatic rings. The van der Waals surface area contributed by atoms with E-state index < -0.39 is 49.8 Å². The molecule has 0 unspecified atom stereocenters. The molecule has 2 aromatic heterocycles. The number of carbonyl (C=O) groups is 1. The van der Waals surface area contributed by atoms with E-state index in [9.17, 15) is 22.0 Å². The van der Waals surface area contributed by atoms with Crippen LogP contribution in [0, 0.1) is 17.5 Å². The number of halogens is 3. The number of aryl methyl sites for hydroxylation is 1. The van der Waals surface area contributed by atoms with E-state index in [4.69, 9.17) is 10.5 Å². The van der Waals surface area contributed by atoms with E-state index in [1.807, 2.05) is 4.72 Å². The molecule has 0 atom stereocenters. The number of nitrogens with two attached hydrogens (primary N) is 1. The van der Waals surface area contributed by atoms with Gasteiger partial charge in [0, 0.05) is 24.7 Å². The van der Waals surface area contributed by atoms with E-state index in [0.717, 1.165) is 12.1 Å². The Morgan fingerprint density at radius 1 is 1.10 bits per heavy atom. The van der Waals surface area contributed by atoms with Gasteiger partial charge in [0.25, 0.3) is 10.0 Å². The number of anilines is 2. The summed E-state index contributed by atoms with van der Waals surface area (Å²) in [4.78, 5) is 24.1. The molecule has 0 bridgehead atoms. The number of thiazole rings is 1. The Kier molecular flexibility index (Phi) is 9.01. The lowest BCUT2D eigenvalue weighted by atomic mass is 10.1. The first-order chi connectivity index (χ1) is 19.7. The Morgan fingerprint density at radius 2 is 1.86 bits per heavy atom. The molecule has 0 aliphatic carbocycles. The minimum absolute atomic E-state index is 0.0194. The van der Waals surface area contributed by atoms with Gasteiger partial charge in [0.05, 0.1) is 27.0 Å². The molecular formula is C27H27F3N6O4S2. The van der Waals surface area contributed by atoms with Crippen molar-refractivity contribution in [1.29, 1.82) is 0 Å². The van der Waals surface area contributed by atoms with Gasteiger partial charge in [-0.15, -0.1) is 11.3 Å². The Bertz CT molecular complexity index is 1730. The normalized spacial score (nSPS) is 11.8. The van der Waals surface area contributed by atoms with Crippen molar-refractivity contribution in [3.05, 3.63) is 71.1 Å². The maximum Gasteiger partial charge on any atom is 0.407 e. The topological polar surface area (TPSA) is 149 Å². The number of carbonyl (C=O) groups excluding carboxylic acids is 1. The Morgan fingerprint density at radius 3 is 2.57 bits per heavy atom. The van der Waals surface area contributed by atoms with Gasteiger partial charge in [-0.1, -0.05) is 6.07 Å². The van der Waals surface area contributed by atoms with Crippen LogP contribution in [0.5, 0.6) is 0 Å². The van der Waals surface area contributed by atoms with Crippen molar-refractivity contribution in [2.75, 3.05) is 17.0 Å². The van der Waals surface area contributed by atoms with Crippen LogP contribution in [-0.2, 0) is 21.2 Å². The number of benzene rings is 2. The molecule has 0 fully saturated rings. The van der Waals surface area contributed by atoms with Crippen LogP contribution >= 0.6 is 11.3 Å². The van der Waals surface area contributed by atoms with Crippen LogP contribution in [-0.4, -0.2) is 41.6 Å². The highest BCUT2D eigenvalue weighted by molar-refractivity contribution is 7.92. The van der Waals surface area contributed by atoms with Crippen molar-refractivity contribution in [1.82, 2.24) is 20.3 Å². The first-order valence-electron chi connectivity index (χ1n) is 12.6. The van der Waals surface area contributed by atoms with Gasteiger partial charge >= 0.3 is 6.09 Å². The molecule has 10 nitrogen and oxygen atoms in total. The van der Waals surface area contributed by atoms with Crippen molar-refractivity contribution in [3.63, 3.8) is 0 Å². The average molecular weight is 621 g/mol. The monoisotopic (exact) mass is 620 g/mol. The average Bonchev–Trinajstić information content (AvgIpc) is 3.32. The summed E-state index contributed by atoms with van der Waals surface area (Å²) >= 11 is 1.22. The number of nitrogen functional groups attached to an aromatic ring is 1. The summed E-state index contributed by atoms with van der Waals surface area (Å²) in [6.45, 7) is 5.56. The van der Waals surface area contributed by atoms with Crippen molar-refractivity contribution >= 4 is 39.1 Å². The van der Waals surface area contributed by atoms with Gasteiger partial charge in [-0.05, 0) is 63.6 Å². The quantitative estimate of drug-likeness (QED) is 0.207. The van der Waals surface area contributed by atoms with Crippen LogP contribution in [0.1, 0.15) is 32.2 Å². The third-order valence-electron chi connectivity index (χ3n) is 5.49. The van der Waals surface area contributed by atoms with E-state index in [1.54, 1.807) is 26.8 Å². The Hall–Kier alpha value is -4.24. The van der Waals surface area contributed by atoms with Gasteiger partial charge in [-0.25, -0.2) is 41.3 Å². The molecule has 0 spiro atoms. The van der Waals surface area contributed by atoms with E-state index in [2.05, 4.69) is 20.3 Å². The molecule has 4 N–H and O–H groups in total. The molecule has 1 amide bonds. The standard InChI is InChI=1S/C27H27F3N6O4S2/c1-27(2,3)40-26(37)33-12-5-8-21-35-23(24(41-21)19-11-13-32-25(31)34-19)16-6-4-7-18(22(16)30)36-42(38,39)20-14-15(28)9-10-17(20)29/h4,6-7,9-11,13-14,36H,5,8,12H2,1-3H3,(H,33,37)(H2,31,32,34). The molecule has 222 valence electrons. The lowest BCUT2D eigenvalue weighted by molar-refractivity contribution is 0.0527. The summed E-state index contributed by atoms with van der Waals surface area (Å²) in [6, 6.07) is 7.43. The minimum Gasteiger partial charge on any atom is -0.444 e. The molecule has 42 heavy (non-hydrogen) atoms. The number of rotatable bonds is 9. The second kappa shape index (κ2) is 12.3. The van der Waals surface area contributed by atoms with Gasteiger partial charge < -0.3 is 15.8 Å². The molecule has 0 saturated heterocycles. The maximum atomic E-state index is 15.9. The van der Waals surface area contributed by atoms with Gasteiger partial charge in [0.2, 0.25) is 5.95 Å². The van der Waals surface area contributed by atoms with E-state index >= 15 is 4.39 Å². The second-order valence-corrected chi connectivity index (χ2v) is 12.7. The van der Waals surface area contributed by atoms with E-state index in [1.165, 1.54) is 29.7 Å². The fourth-order valence-corrected chi connectivity index (χ4v) is 5.99. The zero-order chi connectivity index (χ0) is 30.7. The first-order valence-corrected chi connectivity index (χ1v) is 14.9. The zero-order valence-electron chi connectivity index (χ0n) is 22.7. The molecule has 2 heterocycles. The highest BCUT2D eigenvalue weighted by Gasteiger charge is 2.25. The molecule has 15 heteroatoms. The highest BCUT2D eigenvalue weighted by Crippen LogP contribution is 2.39. The van der Waals surface area contributed by atoms with Crippen LogP contribution in [0.25, 0.3) is 21.8 Å². The van der Waals surface area contributed by atoms with Gasteiger partial charge in [0.1, 0.15) is 22.1 Å². The summed E-state index contributed by atoms with van der Waals surface area (Å²) in [7, 11) is -4.69. The highest BCUT2D eigenvalue weighted by atomic mass is 32.2. The number of hydrogen-bond acceptors (Lipinski definition) is 9. The lowest BCUT2D eigenvalue weighted by Gasteiger charge is -2.19. The van der Waals surface area contributed by atoms with Gasteiger partial charge in [-0.3, -0.25) is 4.72 Å². The van der Waals surface area contributed by atoms with Crippen LogP contribution < -0.4 is 15.8 Å². The van der Waals surface area contributed by atoms with Crippen LogP contribution in [0.4, 0.5) is 29.6 Å². The number of aromatic nitrogens is 3. The molecule has 0 aliphatic heterocycles. The van der Waals surface area contributed by atoms with E-state index in [0.29, 0.717) is 47.1 Å². The predicted molar refractivity (Wildman–Crippen MR) is 153 cm³/mol. The zero-order valence-corrected chi connectivity index (χ0v) is 24.4. The SMILES string of the molecule is CC(C)(C)OC(=O)NCCCc1nc(-c2cccc(NS(=O)(=O)c3cc(F)ccc3F)c2F)c(-c2ccnc(N)n2)s1. The van der Waals surface area contributed by atoms with Crippen LogP contribution in [0.3, 0.4) is 0 Å². The lowest BCUT2D eigenvalue weighted by Crippen LogP contribution is -2.33. The minimum atomic E-state index is -4.69. The van der Waals surface area contributed by atoms with Crippen LogP contribution in [0.2, 0.25) is 0 Å². The number of amides is 1. The molecule has 4 rings (SSSR count). The number of ether oxygens (including phenoxy) is 1. The van der Waals surface area contributed by atoms with Crippen molar-refractivity contribution < 1.29 is 31.1 Å². The van der Waals surface area contributed by atoms with Crippen molar-refractivity contribution in [3.8, 4) is 21.8 Å². The predicted octanol–water partition coefficient (Wildman–Crippen LogP) is 5.52. The number of sulfonamides is 1. The summed E-state index contributed by atoms with van der Waals surface area (Å²) < 4.78 is 76.5. The first kappa shape index (κ1) is 30.7. The third-order valence-corrected chi connectivity index (χ3v) is 8.01. The molecular weight excluding hydrogens is 593 g/mol. The molecule has 0 radical (unpaired) electrons. The fourth-order valence-electron chi connectivity index (χ4n) is 3.75. The largest absolute Gasteiger partial charge is 0.444 e. The molecule has 2 aromatic carbocycles. The fraction of sp³-hybridized carbons (Fsp3) is 0.259. The summed E-state index contributed by atoms with van der Waals surface area (Å²) in [5, 5.41) is 3.24. The number of nitrogens with one attached hydrogen (secondary N) is 2. The number of hydrogen-bond donors (Lipinski definition) is 3. The second-order valence-electron chi connectivity index (χ2n) is 9.96. The smallest absolute Gasteiger partial charge is 0.407 e. The third kappa shape index (κ3) is 7.53.